The molecule has 1 N–H and O–H groups in total. The van der Waals surface area contributed by atoms with Gasteiger partial charge >= 0.3 is 5.97 Å². The standard InChI is InChI=1S/C12H24N2O3/c1-4-17-12(16)7-6-11(15)10-14(3)9-5-8-13-2/h13H,4-10H2,1-3H3. The predicted molar refractivity (Wildman–Crippen MR) is 66.9 cm³/mol. The van der Waals surface area contributed by atoms with Crippen LogP contribution in [-0.2, 0) is 14.3 Å². The smallest absolute Gasteiger partial charge is 0.306 e. The number of ether oxygens (including phenoxy) is 1. The maximum absolute atomic E-state index is 11.5. The van der Waals surface area contributed by atoms with Gasteiger partial charge in [0.25, 0.3) is 0 Å². The van der Waals surface area contributed by atoms with Crippen LogP contribution in [0.2, 0.25) is 0 Å². The third-order valence-electron chi connectivity index (χ3n) is 2.33. The minimum absolute atomic E-state index is 0.0880. The summed E-state index contributed by atoms with van der Waals surface area (Å²) in [5.41, 5.74) is 0. The third kappa shape index (κ3) is 9.96. The van der Waals surface area contributed by atoms with Crippen molar-refractivity contribution in [3.63, 3.8) is 0 Å². The van der Waals surface area contributed by atoms with Crippen molar-refractivity contribution < 1.29 is 14.3 Å². The SMILES string of the molecule is CCOC(=O)CCC(=O)CN(C)CCCNC. The molecule has 0 aromatic rings. The van der Waals surface area contributed by atoms with Gasteiger partial charge in [-0.05, 0) is 40.5 Å². The molecule has 100 valence electrons. The number of Topliss-reactive ketones (excluding diaryl/α,β-unsaturated/α-hetero) is 1. The van der Waals surface area contributed by atoms with Crippen LogP contribution in [0.4, 0.5) is 0 Å². The molecule has 0 aliphatic rings. The molecule has 5 nitrogen and oxygen atoms in total. The zero-order valence-electron chi connectivity index (χ0n) is 11.1. The van der Waals surface area contributed by atoms with Gasteiger partial charge in [0.2, 0.25) is 0 Å². The van der Waals surface area contributed by atoms with Crippen molar-refractivity contribution in [3.8, 4) is 0 Å². The van der Waals surface area contributed by atoms with E-state index < -0.39 is 0 Å². The van der Waals surface area contributed by atoms with Gasteiger partial charge in [-0.25, -0.2) is 0 Å². The van der Waals surface area contributed by atoms with Gasteiger partial charge in [0.15, 0.2) is 0 Å². The van der Waals surface area contributed by atoms with Crippen LogP contribution in [0.15, 0.2) is 0 Å². The average molecular weight is 244 g/mol. The molecule has 0 saturated carbocycles. The van der Waals surface area contributed by atoms with E-state index in [9.17, 15) is 9.59 Å². The molecule has 0 rings (SSSR count). The maximum atomic E-state index is 11.5. The minimum Gasteiger partial charge on any atom is -0.466 e. The first kappa shape index (κ1) is 16.1. The first-order valence-electron chi connectivity index (χ1n) is 6.10. The molecule has 0 spiro atoms. The third-order valence-corrected chi connectivity index (χ3v) is 2.33. The van der Waals surface area contributed by atoms with E-state index >= 15 is 0 Å². The van der Waals surface area contributed by atoms with Crippen molar-refractivity contribution in [2.45, 2.75) is 26.2 Å². The molecule has 0 amide bonds. The summed E-state index contributed by atoms with van der Waals surface area (Å²) in [6, 6.07) is 0. The molecule has 0 bridgehead atoms. The molecule has 0 aliphatic heterocycles. The molecule has 0 saturated heterocycles. The Morgan fingerprint density at radius 1 is 1.29 bits per heavy atom. The Kier molecular flexibility index (Phi) is 9.66. The molecule has 0 unspecified atom stereocenters. The highest BCUT2D eigenvalue weighted by Gasteiger charge is 2.09. The molecule has 0 radical (unpaired) electrons. The number of nitrogens with zero attached hydrogens (tertiary/aromatic N) is 1. The quantitative estimate of drug-likeness (QED) is 0.446. The maximum Gasteiger partial charge on any atom is 0.306 e. The predicted octanol–water partition coefficient (Wildman–Crippen LogP) is 0.440. The first-order chi connectivity index (χ1) is 8.10. The van der Waals surface area contributed by atoms with Crippen molar-refractivity contribution in [3.05, 3.63) is 0 Å². The number of likely N-dealkylation sites (N-methyl/N-ethyl adjacent to an activating group) is 1. The van der Waals surface area contributed by atoms with Crippen LogP contribution in [0.25, 0.3) is 0 Å². The number of ketones is 1. The number of hydrogen-bond acceptors (Lipinski definition) is 5. The first-order valence-corrected chi connectivity index (χ1v) is 6.10. The van der Waals surface area contributed by atoms with Crippen molar-refractivity contribution in [1.82, 2.24) is 10.2 Å². The fraction of sp³-hybridized carbons (Fsp3) is 0.833. The molecule has 5 heteroatoms. The molecule has 0 fully saturated rings. The highest BCUT2D eigenvalue weighted by Crippen LogP contribution is 1.97. The van der Waals surface area contributed by atoms with E-state index in [0.29, 0.717) is 13.2 Å². The summed E-state index contributed by atoms with van der Waals surface area (Å²) in [4.78, 5) is 24.6. The number of hydrogen-bond donors (Lipinski definition) is 1. The Bertz CT molecular complexity index is 232. The van der Waals surface area contributed by atoms with Crippen molar-refractivity contribution >= 4 is 11.8 Å². The Morgan fingerprint density at radius 2 is 2.00 bits per heavy atom. The summed E-state index contributed by atoms with van der Waals surface area (Å²) in [7, 11) is 3.82. The monoisotopic (exact) mass is 244 g/mol. The fourth-order valence-electron chi connectivity index (χ4n) is 1.46. The molecule has 0 aromatic carbocycles. The van der Waals surface area contributed by atoms with Gasteiger partial charge in [0.1, 0.15) is 5.78 Å². The van der Waals surface area contributed by atoms with Crippen LogP contribution < -0.4 is 5.32 Å². The van der Waals surface area contributed by atoms with Crippen LogP contribution in [0.5, 0.6) is 0 Å². The average Bonchev–Trinajstić information content (AvgIpc) is 2.27. The number of carbonyl (C=O) groups excluding carboxylic acids is 2. The number of nitrogens with one attached hydrogen (secondary N) is 1. The highest BCUT2D eigenvalue weighted by molar-refractivity contribution is 5.84. The van der Waals surface area contributed by atoms with Crippen molar-refractivity contribution in [2.75, 3.05) is 40.3 Å². The van der Waals surface area contributed by atoms with E-state index in [4.69, 9.17) is 4.74 Å². The second-order valence-corrected chi connectivity index (χ2v) is 4.04. The zero-order chi connectivity index (χ0) is 13.1. The summed E-state index contributed by atoms with van der Waals surface area (Å²) >= 11 is 0. The lowest BCUT2D eigenvalue weighted by atomic mass is 10.2. The van der Waals surface area contributed by atoms with E-state index in [2.05, 4.69) is 5.32 Å². The van der Waals surface area contributed by atoms with Gasteiger partial charge < -0.3 is 10.1 Å². The molecule has 0 heterocycles. The lowest BCUT2D eigenvalue weighted by molar-refractivity contribution is -0.144. The van der Waals surface area contributed by atoms with Crippen LogP contribution in [0, 0.1) is 0 Å². The second-order valence-electron chi connectivity index (χ2n) is 4.04. The van der Waals surface area contributed by atoms with Crippen LogP contribution in [-0.4, -0.2) is 57.0 Å². The van der Waals surface area contributed by atoms with E-state index in [1.807, 2.05) is 19.0 Å². The summed E-state index contributed by atoms with van der Waals surface area (Å²) in [5, 5.41) is 3.06. The molecular weight excluding hydrogens is 220 g/mol. The van der Waals surface area contributed by atoms with Gasteiger partial charge in [0.05, 0.1) is 19.6 Å². The number of rotatable bonds is 10. The van der Waals surface area contributed by atoms with Crippen LogP contribution >= 0.6 is 0 Å². The zero-order valence-corrected chi connectivity index (χ0v) is 11.1. The molecule has 0 aliphatic carbocycles. The number of esters is 1. The molecule has 17 heavy (non-hydrogen) atoms. The highest BCUT2D eigenvalue weighted by atomic mass is 16.5. The normalized spacial score (nSPS) is 10.6. The summed E-state index contributed by atoms with van der Waals surface area (Å²) < 4.78 is 4.76. The van der Waals surface area contributed by atoms with Gasteiger partial charge in [0, 0.05) is 6.42 Å². The fourth-order valence-corrected chi connectivity index (χ4v) is 1.46. The topological polar surface area (TPSA) is 58.6 Å². The largest absolute Gasteiger partial charge is 0.466 e. The molecule has 0 atom stereocenters. The Hall–Kier alpha value is -0.940. The van der Waals surface area contributed by atoms with E-state index in [1.165, 1.54) is 0 Å². The minimum atomic E-state index is -0.293. The van der Waals surface area contributed by atoms with Gasteiger partial charge in [-0.1, -0.05) is 0 Å². The van der Waals surface area contributed by atoms with Gasteiger partial charge in [-0.3, -0.25) is 14.5 Å². The molecule has 0 aromatic heterocycles. The van der Waals surface area contributed by atoms with E-state index in [0.717, 1.165) is 19.5 Å². The number of carbonyl (C=O) groups is 2. The van der Waals surface area contributed by atoms with E-state index in [1.54, 1.807) is 6.92 Å². The van der Waals surface area contributed by atoms with Crippen LogP contribution in [0.1, 0.15) is 26.2 Å². The molecular formula is C12H24N2O3. The van der Waals surface area contributed by atoms with Gasteiger partial charge in [-0.15, -0.1) is 0 Å². The van der Waals surface area contributed by atoms with Crippen molar-refractivity contribution in [1.29, 1.82) is 0 Å². The second kappa shape index (κ2) is 10.2. The lowest BCUT2D eigenvalue weighted by Gasteiger charge is -2.15. The van der Waals surface area contributed by atoms with Crippen molar-refractivity contribution in [2.24, 2.45) is 0 Å². The summed E-state index contributed by atoms with van der Waals surface area (Å²) in [6.07, 6.45) is 1.48. The Balaban J connectivity index is 3.60. The summed E-state index contributed by atoms with van der Waals surface area (Å²) in [5.74, 6) is -0.205. The van der Waals surface area contributed by atoms with Gasteiger partial charge in [-0.2, -0.15) is 0 Å². The van der Waals surface area contributed by atoms with Crippen LogP contribution in [0.3, 0.4) is 0 Å². The summed E-state index contributed by atoms with van der Waals surface area (Å²) in [6.45, 7) is 4.36. The Labute approximate surface area is 103 Å². The lowest BCUT2D eigenvalue weighted by Crippen LogP contribution is -2.28. The Morgan fingerprint density at radius 3 is 2.59 bits per heavy atom. The van der Waals surface area contributed by atoms with E-state index in [-0.39, 0.29) is 24.6 Å².